The minimum absolute atomic E-state index is 0.186. The summed E-state index contributed by atoms with van der Waals surface area (Å²) < 4.78 is 28.4. The molecule has 0 saturated carbocycles. The molecule has 0 fully saturated rings. The molecule has 1 amide bonds. The fraction of sp³-hybridized carbons (Fsp3) is 0.267. The molecular formula is C15H17IN2O3S2. The second kappa shape index (κ2) is 7.73. The molecule has 0 aliphatic rings. The normalized spacial score (nSPS) is 13.0. The number of sulfonamides is 1. The molecule has 5 nitrogen and oxygen atoms in total. The smallest absolute Gasteiger partial charge is 0.250 e. The Morgan fingerprint density at radius 3 is 2.35 bits per heavy atom. The van der Waals surface area contributed by atoms with Crippen molar-refractivity contribution >= 4 is 55.5 Å². The molecule has 0 bridgehead atoms. The maximum Gasteiger partial charge on any atom is 0.250 e. The molecule has 0 saturated heterocycles. The van der Waals surface area contributed by atoms with E-state index in [-0.39, 0.29) is 16.0 Å². The van der Waals surface area contributed by atoms with E-state index in [9.17, 15) is 13.2 Å². The molecule has 8 heteroatoms. The van der Waals surface area contributed by atoms with Crippen LogP contribution in [0, 0.1) is 9.49 Å². The lowest BCUT2D eigenvalue weighted by molar-refractivity contribution is -0.118. The number of benzene rings is 1. The van der Waals surface area contributed by atoms with Crippen LogP contribution in [0.4, 0.5) is 5.69 Å². The summed E-state index contributed by atoms with van der Waals surface area (Å²) in [5.74, 6) is -0.560. The van der Waals surface area contributed by atoms with E-state index in [2.05, 4.69) is 32.6 Å². The molecule has 2 aromatic rings. The fourth-order valence-electron chi connectivity index (χ4n) is 1.89. The molecule has 0 radical (unpaired) electrons. The lowest BCUT2D eigenvalue weighted by Gasteiger charge is -2.21. The van der Waals surface area contributed by atoms with Crippen molar-refractivity contribution in [3.05, 3.63) is 45.3 Å². The van der Waals surface area contributed by atoms with E-state index in [0.29, 0.717) is 5.69 Å². The second-order valence-electron chi connectivity index (χ2n) is 5.27. The zero-order chi connectivity index (χ0) is 17.0. The number of thiophene rings is 1. The monoisotopic (exact) mass is 464 g/mol. The number of hydrogen-bond donors (Lipinski definition) is 2. The van der Waals surface area contributed by atoms with Crippen molar-refractivity contribution in [3.8, 4) is 0 Å². The van der Waals surface area contributed by atoms with Gasteiger partial charge in [0.05, 0.1) is 0 Å². The summed E-state index contributed by atoms with van der Waals surface area (Å²) >= 11 is 3.29. The van der Waals surface area contributed by atoms with Crippen LogP contribution in [0.25, 0.3) is 0 Å². The first-order valence-electron chi connectivity index (χ1n) is 6.92. The van der Waals surface area contributed by atoms with Gasteiger partial charge in [-0.3, -0.25) is 4.79 Å². The number of carbonyl (C=O) groups excluding carboxylic acids is 1. The van der Waals surface area contributed by atoms with Gasteiger partial charge in [-0.15, -0.1) is 11.3 Å². The summed E-state index contributed by atoms with van der Waals surface area (Å²) in [6.07, 6.45) is 0. The molecule has 1 aromatic heterocycles. The molecule has 2 rings (SSSR count). The van der Waals surface area contributed by atoms with E-state index < -0.39 is 16.1 Å². The van der Waals surface area contributed by atoms with Crippen LogP contribution in [0.1, 0.15) is 13.8 Å². The van der Waals surface area contributed by atoms with Crippen LogP contribution in [-0.4, -0.2) is 20.4 Å². The Kier molecular flexibility index (Phi) is 6.18. The summed E-state index contributed by atoms with van der Waals surface area (Å²) in [4.78, 5) is 12.4. The molecule has 23 heavy (non-hydrogen) atoms. The quantitative estimate of drug-likeness (QED) is 0.645. The molecule has 1 aromatic carbocycles. The third-order valence-electron chi connectivity index (χ3n) is 3.10. The Hall–Kier alpha value is -0.970. The van der Waals surface area contributed by atoms with Crippen LogP contribution in [0.5, 0.6) is 0 Å². The number of rotatable bonds is 6. The number of anilines is 1. The van der Waals surface area contributed by atoms with E-state index in [1.165, 1.54) is 6.07 Å². The van der Waals surface area contributed by atoms with Crippen molar-refractivity contribution in [2.24, 2.45) is 5.92 Å². The average Bonchev–Trinajstić information content (AvgIpc) is 3.02. The van der Waals surface area contributed by atoms with Crippen molar-refractivity contribution in [3.63, 3.8) is 0 Å². The van der Waals surface area contributed by atoms with Crippen LogP contribution in [0.3, 0.4) is 0 Å². The molecule has 0 aliphatic carbocycles. The minimum Gasteiger partial charge on any atom is -0.325 e. The molecule has 1 heterocycles. The van der Waals surface area contributed by atoms with Crippen molar-refractivity contribution in [2.75, 3.05) is 5.32 Å². The first-order valence-corrected chi connectivity index (χ1v) is 10.4. The summed E-state index contributed by atoms with van der Waals surface area (Å²) in [6, 6.07) is 9.64. The van der Waals surface area contributed by atoms with Gasteiger partial charge in [0.1, 0.15) is 10.3 Å². The van der Waals surface area contributed by atoms with Gasteiger partial charge in [-0.05, 0) is 64.2 Å². The Morgan fingerprint density at radius 1 is 1.17 bits per heavy atom. The molecule has 0 aliphatic heterocycles. The van der Waals surface area contributed by atoms with Crippen molar-refractivity contribution in [2.45, 2.75) is 24.1 Å². The second-order valence-corrected chi connectivity index (χ2v) is 9.41. The Balaban J connectivity index is 2.15. The van der Waals surface area contributed by atoms with Crippen LogP contribution < -0.4 is 10.0 Å². The van der Waals surface area contributed by atoms with Crippen LogP contribution in [-0.2, 0) is 14.8 Å². The summed E-state index contributed by atoms with van der Waals surface area (Å²) in [5, 5.41) is 4.44. The average molecular weight is 464 g/mol. The first kappa shape index (κ1) is 18.4. The number of halogens is 1. The zero-order valence-corrected chi connectivity index (χ0v) is 16.4. The predicted molar refractivity (Wildman–Crippen MR) is 101 cm³/mol. The largest absolute Gasteiger partial charge is 0.325 e. The highest BCUT2D eigenvalue weighted by Crippen LogP contribution is 2.18. The van der Waals surface area contributed by atoms with Gasteiger partial charge in [-0.2, -0.15) is 4.72 Å². The topological polar surface area (TPSA) is 75.3 Å². The minimum atomic E-state index is -3.70. The Labute approximate surface area is 153 Å². The summed E-state index contributed by atoms with van der Waals surface area (Å²) in [6.45, 7) is 3.60. The molecule has 0 unspecified atom stereocenters. The Morgan fingerprint density at radius 2 is 1.83 bits per heavy atom. The molecular weight excluding hydrogens is 447 g/mol. The van der Waals surface area contributed by atoms with E-state index in [4.69, 9.17) is 0 Å². The van der Waals surface area contributed by atoms with E-state index in [1.54, 1.807) is 37.4 Å². The van der Waals surface area contributed by atoms with Gasteiger partial charge in [0.15, 0.2) is 0 Å². The third kappa shape index (κ3) is 5.00. The van der Waals surface area contributed by atoms with Gasteiger partial charge in [0.2, 0.25) is 5.91 Å². The van der Waals surface area contributed by atoms with Crippen LogP contribution in [0.2, 0.25) is 0 Å². The predicted octanol–water partition coefficient (Wildman–Crippen LogP) is 3.29. The SMILES string of the molecule is CC(C)[C@@H](NS(=O)(=O)c1cccs1)C(=O)Nc1ccc(I)cc1. The summed E-state index contributed by atoms with van der Waals surface area (Å²) in [7, 11) is -3.70. The molecule has 1 atom stereocenters. The van der Waals surface area contributed by atoms with Crippen molar-refractivity contribution in [1.82, 2.24) is 4.72 Å². The lowest BCUT2D eigenvalue weighted by atomic mass is 10.0. The first-order chi connectivity index (χ1) is 10.8. The number of hydrogen-bond acceptors (Lipinski definition) is 4. The lowest BCUT2D eigenvalue weighted by Crippen LogP contribution is -2.46. The van der Waals surface area contributed by atoms with Crippen LogP contribution >= 0.6 is 33.9 Å². The Bertz CT molecular complexity index is 757. The highest BCUT2D eigenvalue weighted by molar-refractivity contribution is 14.1. The van der Waals surface area contributed by atoms with Crippen molar-refractivity contribution in [1.29, 1.82) is 0 Å². The van der Waals surface area contributed by atoms with E-state index in [1.807, 2.05) is 12.1 Å². The summed E-state index contributed by atoms with van der Waals surface area (Å²) in [5.41, 5.74) is 0.636. The van der Waals surface area contributed by atoms with Gasteiger partial charge < -0.3 is 5.32 Å². The van der Waals surface area contributed by atoms with Crippen LogP contribution in [0.15, 0.2) is 46.0 Å². The van der Waals surface area contributed by atoms with Gasteiger partial charge in [0, 0.05) is 9.26 Å². The van der Waals surface area contributed by atoms with Gasteiger partial charge in [0.25, 0.3) is 10.0 Å². The van der Waals surface area contributed by atoms with Crippen molar-refractivity contribution < 1.29 is 13.2 Å². The van der Waals surface area contributed by atoms with E-state index in [0.717, 1.165) is 14.9 Å². The highest BCUT2D eigenvalue weighted by atomic mass is 127. The fourth-order valence-corrected chi connectivity index (χ4v) is 4.60. The molecule has 0 spiro atoms. The zero-order valence-electron chi connectivity index (χ0n) is 12.6. The van der Waals surface area contributed by atoms with Gasteiger partial charge in [-0.1, -0.05) is 19.9 Å². The maximum absolute atomic E-state index is 12.4. The number of amides is 1. The van der Waals surface area contributed by atoms with Gasteiger partial charge in [-0.25, -0.2) is 8.42 Å². The third-order valence-corrected chi connectivity index (χ3v) is 6.66. The maximum atomic E-state index is 12.4. The standard InChI is InChI=1S/C15H17IN2O3S2/c1-10(2)14(18-23(20,21)13-4-3-9-22-13)15(19)17-12-7-5-11(16)6-8-12/h3-10,14,18H,1-2H3,(H,17,19)/t14-/m1/s1. The highest BCUT2D eigenvalue weighted by Gasteiger charge is 2.28. The molecule has 124 valence electrons. The van der Waals surface area contributed by atoms with Gasteiger partial charge >= 0.3 is 0 Å². The number of carbonyl (C=O) groups is 1. The molecule has 2 N–H and O–H groups in total. The van der Waals surface area contributed by atoms with E-state index >= 15 is 0 Å². The number of nitrogens with one attached hydrogen (secondary N) is 2.